The van der Waals surface area contributed by atoms with Gasteiger partial charge in [0.2, 0.25) is 0 Å². The molecule has 1 aliphatic heterocycles. The van der Waals surface area contributed by atoms with Crippen LogP contribution in [0, 0.1) is 0 Å². The van der Waals surface area contributed by atoms with Crippen LogP contribution in [0.4, 0.5) is 4.79 Å². The van der Waals surface area contributed by atoms with Gasteiger partial charge in [0, 0.05) is 12.1 Å². The Morgan fingerprint density at radius 3 is 3.14 bits per heavy atom. The minimum atomic E-state index is -0.214. The number of allylic oxidation sites excluding steroid dienone is 1. The van der Waals surface area contributed by atoms with Gasteiger partial charge < -0.3 is 10.5 Å². The molecule has 1 fully saturated rings. The van der Waals surface area contributed by atoms with Crippen molar-refractivity contribution in [3.8, 4) is 0 Å². The fraction of sp³-hybridized carbons (Fsp3) is 0.500. The van der Waals surface area contributed by atoms with Gasteiger partial charge >= 0.3 is 6.09 Å². The van der Waals surface area contributed by atoms with Gasteiger partial charge in [0.05, 0.1) is 12.6 Å². The highest BCUT2D eigenvalue weighted by atomic mass is 16.6. The second kappa shape index (κ2) is 3.74. The van der Waals surface area contributed by atoms with Gasteiger partial charge in [0.1, 0.15) is 6.61 Å². The molecule has 2 N–H and O–H groups in total. The van der Waals surface area contributed by atoms with E-state index in [4.69, 9.17) is 10.5 Å². The minimum Gasteiger partial charge on any atom is -0.448 e. The van der Waals surface area contributed by atoms with Crippen LogP contribution in [0.5, 0.6) is 0 Å². The Labute approximate surface area is 83.0 Å². The molecular weight excluding hydrogens is 180 g/mol. The number of ether oxygens (including phenoxy) is 1. The predicted octanol–water partition coefficient (Wildman–Crippen LogP) is 1.000. The summed E-state index contributed by atoms with van der Waals surface area (Å²) in [5, 5.41) is 0. The van der Waals surface area contributed by atoms with Crippen LogP contribution < -0.4 is 5.73 Å². The number of nitrogens with zero attached hydrogens (tertiary/aromatic N) is 1. The lowest BCUT2D eigenvalue weighted by Crippen LogP contribution is -2.34. The topological polar surface area (TPSA) is 55.6 Å². The molecule has 0 saturated carbocycles. The summed E-state index contributed by atoms with van der Waals surface area (Å²) < 4.78 is 4.89. The van der Waals surface area contributed by atoms with E-state index in [0.717, 1.165) is 18.5 Å². The summed E-state index contributed by atoms with van der Waals surface area (Å²) in [6, 6.07) is 0.117. The second-order valence-corrected chi connectivity index (χ2v) is 3.52. The van der Waals surface area contributed by atoms with Crippen molar-refractivity contribution in [3.05, 3.63) is 23.9 Å². The molecule has 0 spiro atoms. The first-order valence-corrected chi connectivity index (χ1v) is 4.82. The van der Waals surface area contributed by atoms with Gasteiger partial charge in [-0.25, -0.2) is 4.79 Å². The zero-order valence-corrected chi connectivity index (χ0v) is 7.98. The maximum atomic E-state index is 11.3. The zero-order chi connectivity index (χ0) is 9.97. The summed E-state index contributed by atoms with van der Waals surface area (Å²) in [4.78, 5) is 13.0. The average Bonchev–Trinajstić information content (AvgIpc) is 2.46. The van der Waals surface area contributed by atoms with Crippen LogP contribution in [0.25, 0.3) is 0 Å². The smallest absolute Gasteiger partial charge is 0.410 e. The first-order valence-electron chi connectivity index (χ1n) is 4.82. The van der Waals surface area contributed by atoms with Crippen LogP contribution in [-0.2, 0) is 4.74 Å². The van der Waals surface area contributed by atoms with E-state index in [1.165, 1.54) is 0 Å². The molecule has 2 aliphatic rings. The molecule has 4 heteroatoms. The summed E-state index contributed by atoms with van der Waals surface area (Å²) in [5.74, 6) is 0. The molecule has 0 aromatic heterocycles. The van der Waals surface area contributed by atoms with Crippen LogP contribution in [0.1, 0.15) is 12.8 Å². The molecule has 1 unspecified atom stereocenters. The van der Waals surface area contributed by atoms with Crippen molar-refractivity contribution in [3.63, 3.8) is 0 Å². The van der Waals surface area contributed by atoms with Gasteiger partial charge in [0.15, 0.2) is 0 Å². The van der Waals surface area contributed by atoms with Gasteiger partial charge in [-0.2, -0.15) is 0 Å². The van der Waals surface area contributed by atoms with Crippen molar-refractivity contribution in [1.29, 1.82) is 0 Å². The number of cyclic esters (lactones) is 1. The Morgan fingerprint density at radius 2 is 2.43 bits per heavy atom. The molecule has 76 valence electrons. The lowest BCUT2D eigenvalue weighted by molar-refractivity contribution is 0.153. The summed E-state index contributed by atoms with van der Waals surface area (Å²) >= 11 is 0. The van der Waals surface area contributed by atoms with E-state index < -0.39 is 0 Å². The quantitative estimate of drug-likeness (QED) is 0.633. The molecule has 1 heterocycles. The van der Waals surface area contributed by atoms with Gasteiger partial charge in [-0.1, -0.05) is 18.2 Å². The van der Waals surface area contributed by atoms with Crippen molar-refractivity contribution in [2.24, 2.45) is 5.73 Å². The Hall–Kier alpha value is -1.45. The third kappa shape index (κ3) is 1.73. The molecule has 14 heavy (non-hydrogen) atoms. The van der Waals surface area contributed by atoms with E-state index in [0.29, 0.717) is 13.2 Å². The van der Waals surface area contributed by atoms with Crippen molar-refractivity contribution in [2.75, 3.05) is 13.2 Å². The molecule has 1 saturated heterocycles. The number of carbonyl (C=O) groups is 1. The van der Waals surface area contributed by atoms with Gasteiger partial charge in [-0.05, 0) is 6.42 Å². The van der Waals surface area contributed by atoms with Crippen LogP contribution in [0.15, 0.2) is 23.9 Å². The third-order valence-electron chi connectivity index (χ3n) is 2.53. The van der Waals surface area contributed by atoms with Crippen LogP contribution in [-0.4, -0.2) is 30.2 Å². The fourth-order valence-corrected chi connectivity index (χ4v) is 1.73. The predicted molar refractivity (Wildman–Crippen MR) is 52.5 cm³/mol. The fourth-order valence-electron chi connectivity index (χ4n) is 1.73. The Kier molecular flexibility index (Phi) is 2.43. The van der Waals surface area contributed by atoms with E-state index in [9.17, 15) is 4.79 Å². The maximum Gasteiger partial charge on any atom is 0.410 e. The van der Waals surface area contributed by atoms with Crippen LogP contribution >= 0.6 is 0 Å². The lowest BCUT2D eigenvalue weighted by Gasteiger charge is -2.20. The SMILES string of the molecule is NC1=CCC(N2CCOC2=O)C=CC1. The van der Waals surface area contributed by atoms with Crippen LogP contribution in [0.2, 0.25) is 0 Å². The van der Waals surface area contributed by atoms with E-state index in [2.05, 4.69) is 0 Å². The monoisotopic (exact) mass is 194 g/mol. The van der Waals surface area contributed by atoms with Gasteiger partial charge in [-0.15, -0.1) is 0 Å². The second-order valence-electron chi connectivity index (χ2n) is 3.52. The minimum absolute atomic E-state index is 0.117. The summed E-state index contributed by atoms with van der Waals surface area (Å²) in [7, 11) is 0. The Bertz CT molecular complexity index is 296. The Morgan fingerprint density at radius 1 is 1.57 bits per heavy atom. The van der Waals surface area contributed by atoms with E-state index in [-0.39, 0.29) is 12.1 Å². The number of carbonyl (C=O) groups excluding carboxylic acids is 1. The standard InChI is InChI=1S/C10H14N2O2/c11-8-2-1-3-9(5-4-8)12-6-7-14-10(12)13/h1,3-4,9H,2,5-7,11H2. The largest absolute Gasteiger partial charge is 0.448 e. The highest BCUT2D eigenvalue weighted by Crippen LogP contribution is 2.17. The first kappa shape index (κ1) is 9.12. The molecule has 1 amide bonds. The molecule has 0 radical (unpaired) electrons. The summed E-state index contributed by atoms with van der Waals surface area (Å²) in [6.07, 6.45) is 7.37. The molecule has 1 atom stereocenters. The first-order chi connectivity index (χ1) is 6.77. The Balaban J connectivity index is 2.07. The number of nitrogens with two attached hydrogens (primary N) is 1. The zero-order valence-electron chi connectivity index (χ0n) is 7.98. The molecule has 0 aromatic carbocycles. The van der Waals surface area contributed by atoms with E-state index >= 15 is 0 Å². The molecule has 0 bridgehead atoms. The number of rotatable bonds is 1. The summed E-state index contributed by atoms with van der Waals surface area (Å²) in [5.41, 5.74) is 6.58. The van der Waals surface area contributed by atoms with Gasteiger partial charge in [0.25, 0.3) is 0 Å². The normalized spacial score (nSPS) is 27.1. The molecule has 2 rings (SSSR count). The molecule has 0 aromatic rings. The van der Waals surface area contributed by atoms with Crippen molar-refractivity contribution in [1.82, 2.24) is 4.90 Å². The van der Waals surface area contributed by atoms with E-state index in [1.807, 2.05) is 18.2 Å². The summed E-state index contributed by atoms with van der Waals surface area (Å²) in [6.45, 7) is 1.18. The number of hydrogen-bond donors (Lipinski definition) is 1. The third-order valence-corrected chi connectivity index (χ3v) is 2.53. The molecular formula is C10H14N2O2. The lowest BCUT2D eigenvalue weighted by atomic mass is 10.2. The van der Waals surface area contributed by atoms with Gasteiger partial charge in [-0.3, -0.25) is 4.90 Å². The highest BCUT2D eigenvalue weighted by Gasteiger charge is 2.27. The average molecular weight is 194 g/mol. The van der Waals surface area contributed by atoms with E-state index in [1.54, 1.807) is 4.90 Å². The van der Waals surface area contributed by atoms with Crippen molar-refractivity contribution in [2.45, 2.75) is 18.9 Å². The van der Waals surface area contributed by atoms with Crippen molar-refractivity contribution >= 4 is 6.09 Å². The molecule has 1 aliphatic carbocycles. The van der Waals surface area contributed by atoms with Crippen LogP contribution in [0.3, 0.4) is 0 Å². The molecule has 4 nitrogen and oxygen atoms in total. The van der Waals surface area contributed by atoms with Crippen molar-refractivity contribution < 1.29 is 9.53 Å². The number of amides is 1. The number of hydrogen-bond acceptors (Lipinski definition) is 3. The highest BCUT2D eigenvalue weighted by molar-refractivity contribution is 5.70. The maximum absolute atomic E-state index is 11.3.